The van der Waals surface area contributed by atoms with Crippen molar-refractivity contribution in [1.29, 1.82) is 0 Å². The van der Waals surface area contributed by atoms with E-state index in [4.69, 9.17) is 16.7 Å². The topological polar surface area (TPSA) is 119 Å². The predicted octanol–water partition coefficient (Wildman–Crippen LogP) is 3.49. The first-order valence-corrected chi connectivity index (χ1v) is 10.2. The smallest absolute Gasteiger partial charge is 0.407 e. The molecule has 0 bridgehead atoms. The minimum Gasteiger partial charge on any atom is -0.508 e. The lowest BCUT2D eigenvalue weighted by atomic mass is 9.89. The zero-order chi connectivity index (χ0) is 22.6. The summed E-state index contributed by atoms with van der Waals surface area (Å²) in [6.45, 7) is 2.62. The number of piperidine rings is 1. The number of amides is 3. The maximum atomic E-state index is 12.7. The summed E-state index contributed by atoms with van der Waals surface area (Å²) in [6, 6.07) is 11.0. The highest BCUT2D eigenvalue weighted by Gasteiger charge is 2.33. The van der Waals surface area contributed by atoms with Crippen LogP contribution < -0.4 is 10.6 Å². The summed E-state index contributed by atoms with van der Waals surface area (Å²) in [5.41, 5.74) is 0.724. The Morgan fingerprint density at radius 3 is 2.52 bits per heavy atom. The average molecular weight is 446 g/mol. The van der Waals surface area contributed by atoms with Gasteiger partial charge in [-0.15, -0.1) is 0 Å². The van der Waals surface area contributed by atoms with Crippen molar-refractivity contribution in [2.75, 3.05) is 18.4 Å². The maximum Gasteiger partial charge on any atom is 0.407 e. The van der Waals surface area contributed by atoms with Crippen LogP contribution in [0.1, 0.15) is 35.7 Å². The lowest BCUT2D eigenvalue weighted by Crippen LogP contribution is -2.54. The number of benzene rings is 2. The number of carbonyl (C=O) groups is 3. The average Bonchev–Trinajstić information content (AvgIpc) is 2.71. The van der Waals surface area contributed by atoms with Gasteiger partial charge >= 0.3 is 6.09 Å². The van der Waals surface area contributed by atoms with Gasteiger partial charge in [-0.05, 0) is 56.2 Å². The molecule has 4 N–H and O–H groups in total. The van der Waals surface area contributed by atoms with Crippen LogP contribution in [0.15, 0.2) is 42.5 Å². The fourth-order valence-electron chi connectivity index (χ4n) is 3.47. The number of hydrogen-bond donors (Lipinski definition) is 4. The molecule has 3 rings (SSSR count). The van der Waals surface area contributed by atoms with Gasteiger partial charge in [-0.3, -0.25) is 9.59 Å². The number of anilines is 1. The zero-order valence-electron chi connectivity index (χ0n) is 17.0. The summed E-state index contributed by atoms with van der Waals surface area (Å²) in [5, 5.41) is 25.1. The number of carboxylic acid groups (broad SMARTS) is 1. The van der Waals surface area contributed by atoms with Gasteiger partial charge < -0.3 is 25.7 Å². The minimum absolute atomic E-state index is 0.0186. The second-order valence-corrected chi connectivity index (χ2v) is 8.30. The van der Waals surface area contributed by atoms with Gasteiger partial charge in [-0.25, -0.2) is 4.79 Å². The van der Waals surface area contributed by atoms with Crippen molar-refractivity contribution in [1.82, 2.24) is 10.2 Å². The molecule has 8 nitrogen and oxygen atoms in total. The van der Waals surface area contributed by atoms with Crippen LogP contribution in [0.2, 0.25) is 5.02 Å². The first kappa shape index (κ1) is 22.4. The van der Waals surface area contributed by atoms with E-state index >= 15 is 0 Å². The highest BCUT2D eigenvalue weighted by atomic mass is 35.5. The number of nitrogens with one attached hydrogen (secondary N) is 2. The molecule has 1 heterocycles. The Balaban J connectivity index is 1.62. The van der Waals surface area contributed by atoms with Crippen LogP contribution in [0.25, 0.3) is 0 Å². The number of hydrogen-bond acceptors (Lipinski definition) is 4. The number of aromatic hydroxyl groups is 1. The van der Waals surface area contributed by atoms with Crippen molar-refractivity contribution in [2.24, 2.45) is 0 Å². The second-order valence-electron chi connectivity index (χ2n) is 7.86. The first-order chi connectivity index (χ1) is 14.6. The van der Waals surface area contributed by atoms with Crippen LogP contribution >= 0.6 is 11.6 Å². The van der Waals surface area contributed by atoms with E-state index < -0.39 is 11.6 Å². The molecule has 2 aromatic carbocycles. The van der Waals surface area contributed by atoms with Crippen LogP contribution in [-0.4, -0.2) is 51.6 Å². The number of rotatable bonds is 5. The lowest BCUT2D eigenvalue weighted by Gasteiger charge is -2.38. The molecular formula is C22H24ClN3O5. The highest BCUT2D eigenvalue weighted by molar-refractivity contribution is 6.30. The predicted molar refractivity (Wildman–Crippen MR) is 117 cm³/mol. The standard InChI is InChI=1S/C22H24ClN3O5/c1-22(7-9-26(10-8-22)21(30)31)25-20(29)14-3-2-4-17(12-14)24-19(28)13-15-11-16(23)5-6-18(15)27/h2-6,11-12,27H,7-10,13H2,1H3,(H,24,28)(H,25,29)(H,30,31). The molecule has 0 aliphatic carbocycles. The number of likely N-dealkylation sites (tertiary alicyclic amines) is 1. The van der Waals surface area contributed by atoms with Gasteiger partial charge in [0.2, 0.25) is 5.91 Å². The quantitative estimate of drug-likeness (QED) is 0.561. The Morgan fingerprint density at radius 1 is 1.13 bits per heavy atom. The Kier molecular flexibility index (Phi) is 6.70. The summed E-state index contributed by atoms with van der Waals surface area (Å²) in [6.07, 6.45) is 0.0128. The summed E-state index contributed by atoms with van der Waals surface area (Å²) in [7, 11) is 0. The van der Waals surface area contributed by atoms with Crippen molar-refractivity contribution in [3.63, 3.8) is 0 Å². The fraction of sp³-hybridized carbons (Fsp3) is 0.318. The third-order valence-corrected chi connectivity index (χ3v) is 5.59. The van der Waals surface area contributed by atoms with Crippen LogP contribution in [0.5, 0.6) is 5.75 Å². The van der Waals surface area contributed by atoms with E-state index in [9.17, 15) is 19.5 Å². The van der Waals surface area contributed by atoms with E-state index in [1.165, 1.54) is 23.1 Å². The molecule has 3 amide bonds. The molecular weight excluding hydrogens is 422 g/mol. The minimum atomic E-state index is -0.956. The first-order valence-electron chi connectivity index (χ1n) is 9.83. The Morgan fingerprint density at radius 2 is 1.84 bits per heavy atom. The molecule has 1 saturated heterocycles. The lowest BCUT2D eigenvalue weighted by molar-refractivity contribution is -0.115. The van der Waals surface area contributed by atoms with Gasteiger partial charge in [-0.1, -0.05) is 17.7 Å². The van der Waals surface area contributed by atoms with Crippen molar-refractivity contribution in [2.45, 2.75) is 31.7 Å². The summed E-state index contributed by atoms with van der Waals surface area (Å²) in [4.78, 5) is 37.5. The zero-order valence-corrected chi connectivity index (χ0v) is 17.8. The molecule has 1 aliphatic heterocycles. The van der Waals surface area contributed by atoms with E-state index in [0.29, 0.717) is 47.8 Å². The molecule has 0 atom stereocenters. The van der Waals surface area contributed by atoms with Gasteiger partial charge in [0.05, 0.1) is 6.42 Å². The molecule has 164 valence electrons. The number of nitrogens with zero attached hydrogens (tertiary/aromatic N) is 1. The van der Waals surface area contributed by atoms with E-state index in [0.717, 1.165) is 0 Å². The number of phenols is 1. The van der Waals surface area contributed by atoms with Gasteiger partial charge in [0, 0.05) is 40.5 Å². The second kappa shape index (κ2) is 9.26. The Hall–Kier alpha value is -3.26. The molecule has 0 saturated carbocycles. The SMILES string of the molecule is CC1(NC(=O)c2cccc(NC(=O)Cc3cc(Cl)ccc3O)c2)CCN(C(=O)O)CC1. The Labute approximate surface area is 184 Å². The van der Waals surface area contributed by atoms with Gasteiger partial charge in [0.1, 0.15) is 5.75 Å². The largest absolute Gasteiger partial charge is 0.508 e. The summed E-state index contributed by atoms with van der Waals surface area (Å²) in [5.74, 6) is -0.673. The maximum absolute atomic E-state index is 12.7. The summed E-state index contributed by atoms with van der Waals surface area (Å²) < 4.78 is 0. The molecule has 31 heavy (non-hydrogen) atoms. The van der Waals surface area contributed by atoms with Crippen LogP contribution in [0, 0.1) is 0 Å². The van der Waals surface area contributed by atoms with Crippen molar-refractivity contribution < 1.29 is 24.6 Å². The molecule has 1 aliphatic rings. The van der Waals surface area contributed by atoms with Crippen molar-refractivity contribution >= 4 is 35.2 Å². The van der Waals surface area contributed by atoms with Gasteiger partial charge in [-0.2, -0.15) is 0 Å². The van der Waals surface area contributed by atoms with Gasteiger partial charge in [0.15, 0.2) is 0 Å². The summed E-state index contributed by atoms with van der Waals surface area (Å²) >= 11 is 5.91. The van der Waals surface area contributed by atoms with E-state index in [1.807, 2.05) is 6.92 Å². The molecule has 2 aromatic rings. The third-order valence-electron chi connectivity index (χ3n) is 5.35. The van der Waals surface area contributed by atoms with Crippen LogP contribution in [0.4, 0.5) is 10.5 Å². The molecule has 0 radical (unpaired) electrons. The van der Waals surface area contributed by atoms with E-state index in [1.54, 1.807) is 24.3 Å². The van der Waals surface area contributed by atoms with E-state index in [2.05, 4.69) is 10.6 Å². The van der Waals surface area contributed by atoms with E-state index in [-0.39, 0.29) is 24.0 Å². The number of halogens is 1. The number of phenolic OH excluding ortho intramolecular Hbond substituents is 1. The van der Waals surface area contributed by atoms with Crippen molar-refractivity contribution in [3.8, 4) is 5.75 Å². The fourth-order valence-corrected chi connectivity index (χ4v) is 3.67. The van der Waals surface area contributed by atoms with Crippen molar-refractivity contribution in [3.05, 3.63) is 58.6 Å². The number of carbonyl (C=O) groups excluding carboxylic acids is 2. The molecule has 0 unspecified atom stereocenters. The monoisotopic (exact) mass is 445 g/mol. The Bertz CT molecular complexity index is 1000. The van der Waals surface area contributed by atoms with Crippen LogP contribution in [0.3, 0.4) is 0 Å². The molecule has 9 heteroatoms. The molecule has 1 fully saturated rings. The van der Waals surface area contributed by atoms with Gasteiger partial charge in [0.25, 0.3) is 5.91 Å². The third kappa shape index (κ3) is 5.88. The molecule has 0 spiro atoms. The highest BCUT2D eigenvalue weighted by Crippen LogP contribution is 2.24. The van der Waals surface area contributed by atoms with Crippen LogP contribution in [-0.2, 0) is 11.2 Å². The molecule has 0 aromatic heterocycles. The normalized spacial score (nSPS) is 15.2.